The smallest absolute Gasteiger partial charge is 0.391 e. The highest BCUT2D eigenvalue weighted by Crippen LogP contribution is 2.53. The number of likely N-dealkylation sites (tertiary alicyclic amines) is 1. The van der Waals surface area contributed by atoms with Gasteiger partial charge in [0.1, 0.15) is 12.1 Å². The van der Waals surface area contributed by atoms with Crippen molar-refractivity contribution in [2.24, 2.45) is 11.1 Å². The molecular formula is C25H31ClF3N5O5. The maximum Gasteiger partial charge on any atom is 0.417 e. The van der Waals surface area contributed by atoms with E-state index in [9.17, 15) is 37.5 Å². The lowest BCUT2D eigenvalue weighted by Crippen LogP contribution is -2.66. The average Bonchev–Trinajstić information content (AvgIpc) is 3.63. The Hall–Kier alpha value is -3.06. The van der Waals surface area contributed by atoms with E-state index in [2.05, 4.69) is 5.32 Å². The summed E-state index contributed by atoms with van der Waals surface area (Å²) in [7, 11) is 0. The van der Waals surface area contributed by atoms with Crippen LogP contribution >= 0.6 is 11.6 Å². The first-order valence-electron chi connectivity index (χ1n) is 12.7. The molecule has 14 heteroatoms. The number of primary amides is 1. The first kappa shape index (κ1) is 28.9. The number of carbonyl (C=O) groups excluding carboxylic acids is 4. The maximum atomic E-state index is 13.1. The van der Waals surface area contributed by atoms with Gasteiger partial charge >= 0.3 is 12.2 Å². The molecule has 4 N–H and O–H groups in total. The number of piperidine rings is 1. The van der Waals surface area contributed by atoms with Crippen molar-refractivity contribution in [3.8, 4) is 0 Å². The molecule has 0 unspecified atom stereocenters. The van der Waals surface area contributed by atoms with E-state index in [1.165, 1.54) is 11.8 Å². The number of β-amino-alcohol motifs (C(OH)–C–C–N with tert-alkyl or cyclic N) is 1. The molecule has 0 radical (unpaired) electrons. The number of hydrogen-bond acceptors (Lipinski definition) is 5. The molecule has 1 spiro atoms. The fourth-order valence-electron chi connectivity index (χ4n) is 5.30. The number of benzene rings is 1. The lowest BCUT2D eigenvalue weighted by Gasteiger charge is -2.43. The molecule has 1 aromatic carbocycles. The van der Waals surface area contributed by atoms with Crippen molar-refractivity contribution < 1.29 is 37.5 Å². The van der Waals surface area contributed by atoms with Crippen LogP contribution in [0.25, 0.3) is 0 Å². The normalized spacial score (nSPS) is 24.6. The molecule has 4 rings (SSSR count). The van der Waals surface area contributed by atoms with Gasteiger partial charge in [-0.1, -0.05) is 11.6 Å². The summed E-state index contributed by atoms with van der Waals surface area (Å²) in [6.45, 7) is 2.15. The van der Waals surface area contributed by atoms with Crippen molar-refractivity contribution in [3.63, 3.8) is 0 Å². The van der Waals surface area contributed by atoms with Gasteiger partial charge in [0.05, 0.1) is 23.2 Å². The van der Waals surface area contributed by atoms with E-state index in [0.29, 0.717) is 6.54 Å². The van der Waals surface area contributed by atoms with E-state index in [0.717, 1.165) is 42.4 Å². The molecule has 1 aromatic rings. The summed E-state index contributed by atoms with van der Waals surface area (Å²) >= 11 is 5.72. The van der Waals surface area contributed by atoms with Gasteiger partial charge < -0.3 is 30.9 Å². The van der Waals surface area contributed by atoms with Gasteiger partial charge in [0.2, 0.25) is 17.7 Å². The van der Waals surface area contributed by atoms with E-state index in [-0.39, 0.29) is 49.5 Å². The van der Waals surface area contributed by atoms with Crippen LogP contribution in [-0.4, -0.2) is 87.9 Å². The molecule has 3 fully saturated rings. The number of rotatable bonds is 6. The second kappa shape index (κ2) is 10.8. The summed E-state index contributed by atoms with van der Waals surface area (Å²) in [5, 5.41) is 12.1. The molecular weight excluding hydrogens is 543 g/mol. The Labute approximate surface area is 228 Å². The van der Waals surface area contributed by atoms with Crippen LogP contribution in [0, 0.1) is 5.41 Å². The minimum absolute atomic E-state index is 0.0235. The van der Waals surface area contributed by atoms with Crippen molar-refractivity contribution in [3.05, 3.63) is 28.8 Å². The number of alkyl halides is 3. The van der Waals surface area contributed by atoms with Crippen LogP contribution in [0.5, 0.6) is 0 Å². The fraction of sp³-hybridized carbons (Fsp3) is 0.600. The first-order chi connectivity index (χ1) is 18.2. The summed E-state index contributed by atoms with van der Waals surface area (Å²) in [6.07, 6.45) is -2.10. The van der Waals surface area contributed by atoms with Crippen LogP contribution in [0.3, 0.4) is 0 Å². The lowest BCUT2D eigenvalue weighted by molar-refractivity contribution is -0.148. The standard InChI is InChI=1S/C25H31ClF3N5O5/c1-14-22(38)33(9-2-3-20(36)32-10-8-24(6-7-24)19(35)13-32)18(21(30)37)12-34(14)23(39)31-15-4-5-16(17(26)11-15)25(27,28)29/h4-5,11,14,18-19,35H,2-3,6-10,12-13H2,1H3,(H2,30,37)(H,31,39)/t14-,18-,19+/m0/s1. The first-order valence-corrected chi connectivity index (χ1v) is 13.1. The molecule has 1 aliphatic carbocycles. The zero-order valence-corrected chi connectivity index (χ0v) is 22.1. The number of urea groups is 1. The zero-order valence-electron chi connectivity index (χ0n) is 21.3. The highest BCUT2D eigenvalue weighted by atomic mass is 35.5. The van der Waals surface area contributed by atoms with Crippen molar-refractivity contribution in [2.75, 3.05) is 31.5 Å². The molecule has 214 valence electrons. The van der Waals surface area contributed by atoms with E-state index in [1.807, 2.05) is 0 Å². The molecule has 0 aromatic heterocycles. The third-order valence-electron chi connectivity index (χ3n) is 7.98. The van der Waals surface area contributed by atoms with Gasteiger partial charge in [-0.2, -0.15) is 13.2 Å². The Kier molecular flexibility index (Phi) is 8.04. The second-order valence-electron chi connectivity index (χ2n) is 10.5. The van der Waals surface area contributed by atoms with Crippen LogP contribution in [0.15, 0.2) is 18.2 Å². The highest BCUT2D eigenvalue weighted by molar-refractivity contribution is 6.31. The summed E-state index contributed by atoms with van der Waals surface area (Å²) in [5.74, 6) is -1.54. The monoisotopic (exact) mass is 573 g/mol. The molecule has 1 saturated carbocycles. The molecule has 2 aliphatic heterocycles. The number of nitrogens with two attached hydrogens (primary N) is 1. The Bertz CT molecular complexity index is 1160. The minimum Gasteiger partial charge on any atom is -0.391 e. The van der Waals surface area contributed by atoms with Gasteiger partial charge in [-0.05, 0) is 56.2 Å². The van der Waals surface area contributed by atoms with Gasteiger partial charge in [-0.15, -0.1) is 0 Å². The van der Waals surface area contributed by atoms with Crippen LogP contribution < -0.4 is 11.1 Å². The number of aliphatic hydroxyl groups is 1. The number of amides is 5. The predicted octanol–water partition coefficient (Wildman–Crippen LogP) is 2.43. The number of nitrogens with one attached hydrogen (secondary N) is 1. The third kappa shape index (κ3) is 6.08. The fourth-order valence-corrected chi connectivity index (χ4v) is 5.59. The number of aliphatic hydroxyl groups excluding tert-OH is 1. The topological polar surface area (TPSA) is 136 Å². The molecule has 3 aliphatic rings. The minimum atomic E-state index is -4.66. The van der Waals surface area contributed by atoms with Gasteiger partial charge in [-0.25, -0.2) is 4.79 Å². The van der Waals surface area contributed by atoms with Crippen LogP contribution in [-0.2, 0) is 20.6 Å². The Morgan fingerprint density at radius 3 is 2.46 bits per heavy atom. The number of piperazine rings is 1. The Balaban J connectivity index is 1.35. The molecule has 2 heterocycles. The van der Waals surface area contributed by atoms with Gasteiger partial charge in [-0.3, -0.25) is 14.4 Å². The number of halogens is 4. The lowest BCUT2D eigenvalue weighted by atomic mass is 9.90. The predicted molar refractivity (Wildman–Crippen MR) is 134 cm³/mol. The number of hydrogen-bond donors (Lipinski definition) is 3. The molecule has 10 nitrogen and oxygen atoms in total. The van der Waals surface area contributed by atoms with Gasteiger partial charge in [0.25, 0.3) is 0 Å². The maximum absolute atomic E-state index is 13.1. The van der Waals surface area contributed by atoms with Gasteiger partial charge in [0, 0.05) is 31.7 Å². The largest absolute Gasteiger partial charge is 0.417 e. The Morgan fingerprint density at radius 1 is 1.21 bits per heavy atom. The molecule has 3 atom stereocenters. The summed E-state index contributed by atoms with van der Waals surface area (Å²) in [5.41, 5.74) is 4.42. The van der Waals surface area contributed by atoms with Crippen molar-refractivity contribution in [2.45, 2.75) is 63.4 Å². The zero-order chi connectivity index (χ0) is 28.7. The molecule has 0 bridgehead atoms. The van der Waals surface area contributed by atoms with Crippen LogP contribution in [0.1, 0.15) is 44.6 Å². The van der Waals surface area contributed by atoms with E-state index in [1.54, 1.807) is 4.90 Å². The number of carbonyl (C=O) groups is 4. The quantitative estimate of drug-likeness (QED) is 0.480. The average molecular weight is 574 g/mol. The van der Waals surface area contributed by atoms with Crippen LogP contribution in [0.2, 0.25) is 5.02 Å². The van der Waals surface area contributed by atoms with E-state index < -0.39 is 52.8 Å². The molecule has 39 heavy (non-hydrogen) atoms. The SMILES string of the molecule is C[C@H]1C(=O)N(CCCC(=O)N2CCC3(CC3)[C@H](O)C2)[C@H](C(N)=O)CN1C(=O)Nc1ccc(C(F)(F)F)c(Cl)c1. The summed E-state index contributed by atoms with van der Waals surface area (Å²) in [4.78, 5) is 54.9. The molecule has 2 saturated heterocycles. The van der Waals surface area contributed by atoms with Crippen molar-refractivity contribution in [1.82, 2.24) is 14.7 Å². The Morgan fingerprint density at radius 2 is 1.90 bits per heavy atom. The number of nitrogens with zero attached hydrogens (tertiary/aromatic N) is 3. The van der Waals surface area contributed by atoms with E-state index >= 15 is 0 Å². The van der Waals surface area contributed by atoms with E-state index in [4.69, 9.17) is 17.3 Å². The summed E-state index contributed by atoms with van der Waals surface area (Å²) < 4.78 is 38.9. The van der Waals surface area contributed by atoms with Crippen molar-refractivity contribution in [1.29, 1.82) is 0 Å². The van der Waals surface area contributed by atoms with Gasteiger partial charge in [0.15, 0.2) is 0 Å². The van der Waals surface area contributed by atoms with Crippen molar-refractivity contribution >= 4 is 41.0 Å². The third-order valence-corrected chi connectivity index (χ3v) is 8.30. The number of anilines is 1. The summed E-state index contributed by atoms with van der Waals surface area (Å²) in [6, 6.07) is -0.273. The second-order valence-corrected chi connectivity index (χ2v) is 10.9. The molecule has 5 amide bonds. The van der Waals surface area contributed by atoms with Crippen LogP contribution in [0.4, 0.5) is 23.7 Å². The highest BCUT2D eigenvalue weighted by Gasteiger charge is 2.51.